The van der Waals surface area contributed by atoms with E-state index < -0.39 is 0 Å². The number of benzene rings is 1. The van der Waals surface area contributed by atoms with E-state index in [9.17, 15) is 4.79 Å². The third kappa shape index (κ3) is 4.27. The van der Waals surface area contributed by atoms with Crippen molar-refractivity contribution in [1.29, 1.82) is 0 Å². The van der Waals surface area contributed by atoms with Crippen molar-refractivity contribution in [3.8, 4) is 11.5 Å². The third-order valence-corrected chi connectivity index (χ3v) is 3.33. The van der Waals surface area contributed by atoms with E-state index in [2.05, 4.69) is 15.3 Å². The predicted octanol–water partition coefficient (Wildman–Crippen LogP) is 2.57. The van der Waals surface area contributed by atoms with E-state index in [1.54, 1.807) is 30.8 Å². The van der Waals surface area contributed by atoms with E-state index in [0.29, 0.717) is 23.8 Å². The number of carbonyl (C=O) groups is 1. The van der Waals surface area contributed by atoms with Gasteiger partial charge in [-0.2, -0.15) is 0 Å². The second kappa shape index (κ2) is 8.03. The summed E-state index contributed by atoms with van der Waals surface area (Å²) in [7, 11) is 0. The van der Waals surface area contributed by atoms with Crippen molar-refractivity contribution in [2.45, 2.75) is 13.2 Å². The molecule has 2 heterocycles. The quantitative estimate of drug-likeness (QED) is 0.723. The topological polar surface area (TPSA) is 77.2 Å². The summed E-state index contributed by atoms with van der Waals surface area (Å²) in [5.74, 6) is 0.412. The largest absolute Gasteiger partial charge is 0.463 e. The molecule has 6 nitrogen and oxygen atoms in total. The Kier molecular flexibility index (Phi) is 5.32. The van der Waals surface area contributed by atoms with Gasteiger partial charge in [0.2, 0.25) is 5.91 Å². The Labute approximate surface area is 139 Å². The minimum atomic E-state index is -0.207. The second-order valence-corrected chi connectivity index (χ2v) is 5.08. The SMILES string of the molecule is O=C(COCc1ccccc1)NCc1nccnc1-c1ccco1. The van der Waals surface area contributed by atoms with Crippen molar-refractivity contribution >= 4 is 5.91 Å². The predicted molar refractivity (Wildman–Crippen MR) is 87.7 cm³/mol. The zero-order valence-electron chi connectivity index (χ0n) is 13.0. The Hall–Kier alpha value is -2.99. The van der Waals surface area contributed by atoms with Gasteiger partial charge in [-0.05, 0) is 17.7 Å². The Bertz CT molecular complexity index is 773. The van der Waals surface area contributed by atoms with Crippen LogP contribution in [-0.2, 0) is 22.7 Å². The number of furan rings is 1. The zero-order valence-corrected chi connectivity index (χ0v) is 13.0. The van der Waals surface area contributed by atoms with E-state index in [1.807, 2.05) is 30.3 Å². The number of hydrogen-bond acceptors (Lipinski definition) is 5. The molecule has 0 fully saturated rings. The van der Waals surface area contributed by atoms with E-state index in [4.69, 9.17) is 9.15 Å². The Balaban J connectivity index is 1.50. The van der Waals surface area contributed by atoms with Gasteiger partial charge in [-0.15, -0.1) is 0 Å². The number of amides is 1. The average Bonchev–Trinajstić information content (AvgIpc) is 3.16. The van der Waals surface area contributed by atoms with Gasteiger partial charge >= 0.3 is 0 Å². The number of aromatic nitrogens is 2. The maximum atomic E-state index is 11.9. The first-order chi connectivity index (χ1) is 11.8. The highest BCUT2D eigenvalue weighted by atomic mass is 16.5. The van der Waals surface area contributed by atoms with Gasteiger partial charge in [-0.25, -0.2) is 4.98 Å². The molecule has 0 saturated heterocycles. The highest BCUT2D eigenvalue weighted by Crippen LogP contribution is 2.19. The van der Waals surface area contributed by atoms with Crippen LogP contribution >= 0.6 is 0 Å². The molecule has 24 heavy (non-hydrogen) atoms. The maximum absolute atomic E-state index is 11.9. The van der Waals surface area contributed by atoms with Crippen LogP contribution in [0.1, 0.15) is 11.3 Å². The summed E-state index contributed by atoms with van der Waals surface area (Å²) in [4.78, 5) is 20.4. The summed E-state index contributed by atoms with van der Waals surface area (Å²) in [6, 6.07) is 13.3. The fourth-order valence-electron chi connectivity index (χ4n) is 2.18. The molecule has 0 unspecified atom stereocenters. The van der Waals surface area contributed by atoms with Gasteiger partial charge in [0.1, 0.15) is 12.3 Å². The standard InChI is InChI=1S/C18H17N3O3/c22-17(13-23-12-14-5-2-1-3-6-14)21-11-15-18(20-9-8-19-15)16-7-4-10-24-16/h1-10H,11-13H2,(H,21,22). The van der Waals surface area contributed by atoms with Crippen LogP contribution in [0.3, 0.4) is 0 Å². The first-order valence-corrected chi connectivity index (χ1v) is 7.55. The molecule has 0 aliphatic rings. The molecule has 2 aromatic heterocycles. The molecule has 3 aromatic rings. The summed E-state index contributed by atoms with van der Waals surface area (Å²) in [6.45, 7) is 0.652. The molecule has 6 heteroatoms. The van der Waals surface area contributed by atoms with E-state index >= 15 is 0 Å². The van der Waals surface area contributed by atoms with Crippen LogP contribution in [0, 0.1) is 0 Å². The molecule has 0 atom stereocenters. The molecule has 0 radical (unpaired) electrons. The number of ether oxygens (including phenoxy) is 1. The monoisotopic (exact) mass is 323 g/mol. The molecule has 1 N–H and O–H groups in total. The van der Waals surface area contributed by atoms with Crippen LogP contribution in [0.5, 0.6) is 0 Å². The number of rotatable bonds is 7. The molecule has 1 aromatic carbocycles. The highest BCUT2D eigenvalue weighted by molar-refractivity contribution is 5.77. The van der Waals surface area contributed by atoms with Crippen LogP contribution < -0.4 is 5.32 Å². The van der Waals surface area contributed by atoms with Gasteiger partial charge in [-0.3, -0.25) is 9.78 Å². The lowest BCUT2D eigenvalue weighted by Crippen LogP contribution is -2.27. The lowest BCUT2D eigenvalue weighted by Gasteiger charge is -2.08. The summed E-state index contributed by atoms with van der Waals surface area (Å²) in [5, 5.41) is 2.78. The third-order valence-electron chi connectivity index (χ3n) is 3.33. The Morgan fingerprint density at radius 1 is 1.08 bits per heavy atom. The first-order valence-electron chi connectivity index (χ1n) is 7.55. The molecule has 0 aliphatic carbocycles. The number of nitrogens with zero attached hydrogens (tertiary/aromatic N) is 2. The van der Waals surface area contributed by atoms with Crippen LogP contribution in [0.15, 0.2) is 65.5 Å². The molecule has 1 amide bonds. The molecule has 0 bridgehead atoms. The van der Waals surface area contributed by atoms with Crippen molar-refractivity contribution in [1.82, 2.24) is 15.3 Å². The smallest absolute Gasteiger partial charge is 0.246 e. The fraction of sp³-hybridized carbons (Fsp3) is 0.167. The normalized spacial score (nSPS) is 10.5. The number of hydrogen-bond donors (Lipinski definition) is 1. The second-order valence-electron chi connectivity index (χ2n) is 5.08. The number of carbonyl (C=O) groups excluding carboxylic acids is 1. The molecule has 0 saturated carbocycles. The van der Waals surface area contributed by atoms with Crippen molar-refractivity contribution in [3.63, 3.8) is 0 Å². The van der Waals surface area contributed by atoms with Crippen LogP contribution in [0.25, 0.3) is 11.5 Å². The molecule has 0 spiro atoms. The van der Waals surface area contributed by atoms with Gasteiger partial charge in [0.25, 0.3) is 0 Å². The maximum Gasteiger partial charge on any atom is 0.246 e. The van der Waals surface area contributed by atoms with Crippen molar-refractivity contribution in [2.75, 3.05) is 6.61 Å². The van der Waals surface area contributed by atoms with Gasteiger partial charge in [0, 0.05) is 12.4 Å². The Morgan fingerprint density at radius 2 is 1.92 bits per heavy atom. The van der Waals surface area contributed by atoms with Gasteiger partial charge < -0.3 is 14.5 Å². The lowest BCUT2D eigenvalue weighted by atomic mass is 10.2. The molecule has 3 rings (SSSR count). The zero-order chi connectivity index (χ0) is 16.6. The van der Waals surface area contributed by atoms with E-state index in [0.717, 1.165) is 5.56 Å². The van der Waals surface area contributed by atoms with E-state index in [-0.39, 0.29) is 19.1 Å². The summed E-state index contributed by atoms with van der Waals surface area (Å²) in [5.41, 5.74) is 2.29. The van der Waals surface area contributed by atoms with Crippen LogP contribution in [-0.4, -0.2) is 22.5 Å². The minimum Gasteiger partial charge on any atom is -0.463 e. The van der Waals surface area contributed by atoms with Crippen LogP contribution in [0.2, 0.25) is 0 Å². The molecular weight excluding hydrogens is 306 g/mol. The minimum absolute atomic E-state index is 0.00869. The van der Waals surface area contributed by atoms with Crippen molar-refractivity contribution in [2.24, 2.45) is 0 Å². The van der Waals surface area contributed by atoms with E-state index in [1.165, 1.54) is 0 Å². The summed E-state index contributed by atoms with van der Waals surface area (Å²) in [6.07, 6.45) is 4.75. The molecular formula is C18H17N3O3. The molecule has 122 valence electrons. The molecule has 0 aliphatic heterocycles. The Morgan fingerprint density at radius 3 is 2.71 bits per heavy atom. The van der Waals surface area contributed by atoms with Crippen molar-refractivity contribution < 1.29 is 13.9 Å². The van der Waals surface area contributed by atoms with Gasteiger partial charge in [0.15, 0.2) is 5.76 Å². The highest BCUT2D eigenvalue weighted by Gasteiger charge is 2.11. The number of nitrogens with one attached hydrogen (secondary N) is 1. The van der Waals surface area contributed by atoms with Gasteiger partial charge in [0.05, 0.1) is 25.1 Å². The fourth-order valence-corrected chi connectivity index (χ4v) is 2.18. The lowest BCUT2D eigenvalue weighted by molar-refractivity contribution is -0.126. The average molecular weight is 323 g/mol. The van der Waals surface area contributed by atoms with Crippen LogP contribution in [0.4, 0.5) is 0 Å². The summed E-state index contributed by atoms with van der Waals surface area (Å²) < 4.78 is 10.7. The van der Waals surface area contributed by atoms with Gasteiger partial charge in [-0.1, -0.05) is 30.3 Å². The summed E-state index contributed by atoms with van der Waals surface area (Å²) >= 11 is 0. The first kappa shape index (κ1) is 15.9. The van der Waals surface area contributed by atoms with Crippen molar-refractivity contribution in [3.05, 3.63) is 72.4 Å².